The zero-order valence-corrected chi connectivity index (χ0v) is 9.87. The minimum atomic E-state index is 0.357. The van der Waals surface area contributed by atoms with Crippen molar-refractivity contribution in [3.8, 4) is 0 Å². The van der Waals surface area contributed by atoms with Crippen molar-refractivity contribution in [2.75, 3.05) is 26.0 Å². The van der Waals surface area contributed by atoms with E-state index in [1.165, 1.54) is 5.56 Å². The molecule has 1 aromatic rings. The lowest BCUT2D eigenvalue weighted by atomic mass is 10.2. The average Bonchev–Trinajstić information content (AvgIpc) is 2.30. The molecule has 0 aromatic carbocycles. The zero-order chi connectivity index (χ0) is 10.9. The molecule has 15 heavy (non-hydrogen) atoms. The molecule has 3 nitrogen and oxygen atoms in total. The van der Waals surface area contributed by atoms with Gasteiger partial charge in [0.25, 0.3) is 0 Å². The van der Waals surface area contributed by atoms with Gasteiger partial charge in [0, 0.05) is 37.9 Å². The van der Waals surface area contributed by atoms with Crippen LogP contribution in [-0.2, 0) is 4.74 Å². The van der Waals surface area contributed by atoms with Crippen LogP contribution < -0.4 is 5.73 Å². The van der Waals surface area contributed by atoms with E-state index < -0.39 is 0 Å². The molecule has 0 amide bonds. The SMILES string of the molecule is COCCCSC(CN)c1cccnc1. The molecular formula is C11H18N2OS. The third kappa shape index (κ3) is 4.64. The average molecular weight is 226 g/mol. The van der Waals surface area contributed by atoms with E-state index in [1.807, 2.05) is 24.0 Å². The highest BCUT2D eigenvalue weighted by molar-refractivity contribution is 7.99. The Hall–Kier alpha value is -0.580. The summed E-state index contributed by atoms with van der Waals surface area (Å²) in [5.41, 5.74) is 6.95. The van der Waals surface area contributed by atoms with Gasteiger partial charge in [-0.1, -0.05) is 6.07 Å². The summed E-state index contributed by atoms with van der Waals surface area (Å²) in [6.45, 7) is 1.47. The maximum Gasteiger partial charge on any atom is 0.0470 e. The summed E-state index contributed by atoms with van der Waals surface area (Å²) in [4.78, 5) is 4.10. The van der Waals surface area contributed by atoms with Crippen molar-refractivity contribution in [1.82, 2.24) is 4.98 Å². The lowest BCUT2D eigenvalue weighted by molar-refractivity contribution is 0.200. The summed E-state index contributed by atoms with van der Waals surface area (Å²) < 4.78 is 5.01. The Kier molecular flexibility index (Phi) is 6.39. The largest absolute Gasteiger partial charge is 0.385 e. The van der Waals surface area contributed by atoms with E-state index in [0.717, 1.165) is 18.8 Å². The third-order valence-corrected chi connectivity index (χ3v) is 3.47. The van der Waals surface area contributed by atoms with Gasteiger partial charge in [0.15, 0.2) is 0 Å². The van der Waals surface area contributed by atoms with E-state index in [9.17, 15) is 0 Å². The number of ether oxygens (including phenoxy) is 1. The van der Waals surface area contributed by atoms with Crippen LogP contribution in [-0.4, -0.2) is 31.0 Å². The summed E-state index contributed by atoms with van der Waals surface area (Å²) in [6.07, 6.45) is 4.74. The Morgan fingerprint density at radius 3 is 3.07 bits per heavy atom. The van der Waals surface area contributed by atoms with Crippen LogP contribution >= 0.6 is 11.8 Å². The molecule has 1 atom stereocenters. The molecule has 1 aromatic heterocycles. The van der Waals surface area contributed by atoms with Gasteiger partial charge in [0.1, 0.15) is 0 Å². The van der Waals surface area contributed by atoms with Gasteiger partial charge in [0.05, 0.1) is 0 Å². The van der Waals surface area contributed by atoms with Crippen molar-refractivity contribution < 1.29 is 4.74 Å². The molecule has 0 radical (unpaired) electrons. The standard InChI is InChI=1S/C11H18N2OS/c1-14-6-3-7-15-11(8-12)10-4-2-5-13-9-10/h2,4-5,9,11H,3,6-8,12H2,1H3. The Balaban J connectivity index is 2.36. The number of methoxy groups -OCH3 is 1. The summed E-state index contributed by atoms with van der Waals surface area (Å²) in [6, 6.07) is 4.03. The number of thioether (sulfide) groups is 1. The van der Waals surface area contributed by atoms with Crippen LogP contribution in [0, 0.1) is 0 Å². The Morgan fingerprint density at radius 1 is 1.60 bits per heavy atom. The van der Waals surface area contributed by atoms with Crippen LogP contribution in [0.2, 0.25) is 0 Å². The molecule has 4 heteroatoms. The van der Waals surface area contributed by atoms with Crippen molar-refractivity contribution >= 4 is 11.8 Å². The first-order valence-corrected chi connectivity index (χ1v) is 6.14. The number of nitrogens with zero attached hydrogens (tertiary/aromatic N) is 1. The second-order valence-electron chi connectivity index (χ2n) is 3.23. The molecule has 0 saturated heterocycles. The first kappa shape index (κ1) is 12.5. The second kappa shape index (κ2) is 7.68. The molecule has 84 valence electrons. The van der Waals surface area contributed by atoms with Crippen LogP contribution in [0.15, 0.2) is 24.5 Å². The van der Waals surface area contributed by atoms with E-state index in [2.05, 4.69) is 11.1 Å². The fourth-order valence-electron chi connectivity index (χ4n) is 1.30. The fraction of sp³-hybridized carbons (Fsp3) is 0.545. The van der Waals surface area contributed by atoms with E-state index in [1.54, 1.807) is 13.3 Å². The summed E-state index contributed by atoms with van der Waals surface area (Å²) in [5, 5.41) is 0.357. The Bertz CT molecular complexity index is 256. The van der Waals surface area contributed by atoms with Gasteiger partial charge in [-0.2, -0.15) is 11.8 Å². The molecule has 0 bridgehead atoms. The lowest BCUT2D eigenvalue weighted by Crippen LogP contribution is -2.10. The Labute approximate surface area is 95.4 Å². The van der Waals surface area contributed by atoms with Gasteiger partial charge in [-0.05, 0) is 23.8 Å². The maximum atomic E-state index is 5.74. The van der Waals surface area contributed by atoms with Crippen LogP contribution in [0.3, 0.4) is 0 Å². The molecule has 0 aliphatic heterocycles. The smallest absolute Gasteiger partial charge is 0.0470 e. The lowest BCUT2D eigenvalue weighted by Gasteiger charge is -2.13. The molecule has 0 spiro atoms. The fourth-order valence-corrected chi connectivity index (χ4v) is 2.33. The van der Waals surface area contributed by atoms with Gasteiger partial charge in [-0.25, -0.2) is 0 Å². The first-order valence-electron chi connectivity index (χ1n) is 5.09. The number of pyridine rings is 1. The molecule has 0 aliphatic carbocycles. The second-order valence-corrected chi connectivity index (χ2v) is 4.54. The zero-order valence-electron chi connectivity index (χ0n) is 9.06. The van der Waals surface area contributed by atoms with Crippen LogP contribution in [0.25, 0.3) is 0 Å². The number of hydrogen-bond acceptors (Lipinski definition) is 4. The van der Waals surface area contributed by atoms with Gasteiger partial charge in [-0.3, -0.25) is 4.98 Å². The Morgan fingerprint density at radius 2 is 2.47 bits per heavy atom. The normalized spacial score (nSPS) is 12.7. The topological polar surface area (TPSA) is 48.1 Å². The minimum absolute atomic E-state index is 0.357. The molecule has 1 rings (SSSR count). The highest BCUT2D eigenvalue weighted by atomic mass is 32.2. The number of nitrogens with two attached hydrogens (primary N) is 1. The van der Waals surface area contributed by atoms with Crippen molar-refractivity contribution in [2.45, 2.75) is 11.7 Å². The molecular weight excluding hydrogens is 208 g/mol. The van der Waals surface area contributed by atoms with Gasteiger partial charge < -0.3 is 10.5 Å². The van der Waals surface area contributed by atoms with E-state index in [4.69, 9.17) is 10.5 Å². The maximum absolute atomic E-state index is 5.74. The summed E-state index contributed by atoms with van der Waals surface area (Å²) in [7, 11) is 1.73. The highest BCUT2D eigenvalue weighted by Gasteiger charge is 2.09. The van der Waals surface area contributed by atoms with E-state index in [0.29, 0.717) is 11.8 Å². The molecule has 2 N–H and O–H groups in total. The van der Waals surface area contributed by atoms with E-state index in [-0.39, 0.29) is 0 Å². The predicted molar refractivity (Wildman–Crippen MR) is 65.0 cm³/mol. The molecule has 1 heterocycles. The highest BCUT2D eigenvalue weighted by Crippen LogP contribution is 2.27. The van der Waals surface area contributed by atoms with Gasteiger partial charge in [0.2, 0.25) is 0 Å². The van der Waals surface area contributed by atoms with Gasteiger partial charge >= 0.3 is 0 Å². The van der Waals surface area contributed by atoms with Crippen LogP contribution in [0.1, 0.15) is 17.2 Å². The number of aromatic nitrogens is 1. The number of rotatable bonds is 7. The molecule has 0 aliphatic rings. The van der Waals surface area contributed by atoms with E-state index >= 15 is 0 Å². The first-order chi connectivity index (χ1) is 7.38. The third-order valence-electron chi connectivity index (χ3n) is 2.08. The summed E-state index contributed by atoms with van der Waals surface area (Å²) >= 11 is 1.87. The van der Waals surface area contributed by atoms with Crippen LogP contribution in [0.4, 0.5) is 0 Å². The summed E-state index contributed by atoms with van der Waals surface area (Å²) in [5.74, 6) is 1.07. The molecule has 0 fully saturated rings. The van der Waals surface area contributed by atoms with Crippen molar-refractivity contribution in [1.29, 1.82) is 0 Å². The van der Waals surface area contributed by atoms with Crippen LogP contribution in [0.5, 0.6) is 0 Å². The van der Waals surface area contributed by atoms with Crippen molar-refractivity contribution in [3.05, 3.63) is 30.1 Å². The minimum Gasteiger partial charge on any atom is -0.385 e. The molecule has 1 unspecified atom stereocenters. The van der Waals surface area contributed by atoms with Gasteiger partial charge in [-0.15, -0.1) is 0 Å². The van der Waals surface area contributed by atoms with Crippen molar-refractivity contribution in [2.24, 2.45) is 5.73 Å². The quantitative estimate of drug-likeness (QED) is 0.721. The monoisotopic (exact) mass is 226 g/mol. The molecule has 0 saturated carbocycles. The van der Waals surface area contributed by atoms with Crippen molar-refractivity contribution in [3.63, 3.8) is 0 Å². The number of hydrogen-bond donors (Lipinski definition) is 1. The predicted octanol–water partition coefficient (Wildman–Crippen LogP) is 1.85.